The van der Waals surface area contributed by atoms with Gasteiger partial charge in [-0.2, -0.15) is 0 Å². The third-order valence-electron chi connectivity index (χ3n) is 4.34. The molecule has 0 aromatic heterocycles. The number of ether oxygens (including phenoxy) is 1. The molecule has 27 heavy (non-hydrogen) atoms. The maximum absolute atomic E-state index is 12.4. The Labute approximate surface area is 157 Å². The van der Waals surface area contributed by atoms with Crippen LogP contribution in [0, 0.1) is 13.8 Å². The fraction of sp³-hybridized carbons (Fsp3) is 0.250. The summed E-state index contributed by atoms with van der Waals surface area (Å²) in [5, 5.41) is 2.73. The SMILES string of the molecule is Cc1ccc(C)c(OCC(=O)NNC(=O)C2CC(=O)Nc3ccccc32)c1. The van der Waals surface area contributed by atoms with E-state index >= 15 is 0 Å². The highest BCUT2D eigenvalue weighted by Crippen LogP contribution is 2.31. The van der Waals surface area contributed by atoms with Crippen molar-refractivity contribution in [1.29, 1.82) is 0 Å². The number of amides is 3. The van der Waals surface area contributed by atoms with Crippen molar-refractivity contribution in [2.75, 3.05) is 11.9 Å². The van der Waals surface area contributed by atoms with Gasteiger partial charge in [0.25, 0.3) is 5.91 Å². The number of carbonyl (C=O) groups is 3. The molecule has 1 aliphatic heterocycles. The molecule has 7 nitrogen and oxygen atoms in total. The van der Waals surface area contributed by atoms with Gasteiger partial charge in [-0.1, -0.05) is 30.3 Å². The fourth-order valence-corrected chi connectivity index (χ4v) is 2.91. The quantitative estimate of drug-likeness (QED) is 0.720. The van der Waals surface area contributed by atoms with E-state index < -0.39 is 17.7 Å². The molecule has 3 amide bonds. The summed E-state index contributed by atoms with van der Waals surface area (Å²) in [6.45, 7) is 3.59. The molecule has 1 aliphatic rings. The number of para-hydroxylation sites is 1. The highest BCUT2D eigenvalue weighted by Gasteiger charge is 2.30. The molecule has 3 rings (SSSR count). The Bertz CT molecular complexity index is 895. The summed E-state index contributed by atoms with van der Waals surface area (Å²) in [5.74, 6) is -1.21. The largest absolute Gasteiger partial charge is 0.483 e. The number of hydrazine groups is 1. The molecule has 0 spiro atoms. The smallest absolute Gasteiger partial charge is 0.276 e. The molecular weight excluding hydrogens is 346 g/mol. The number of benzene rings is 2. The predicted octanol–water partition coefficient (Wildman–Crippen LogP) is 1.96. The van der Waals surface area contributed by atoms with E-state index in [1.807, 2.05) is 32.0 Å². The topological polar surface area (TPSA) is 96.5 Å². The van der Waals surface area contributed by atoms with Crippen molar-refractivity contribution in [2.24, 2.45) is 0 Å². The third kappa shape index (κ3) is 4.44. The Hall–Kier alpha value is -3.35. The van der Waals surface area contributed by atoms with Gasteiger partial charge in [-0.25, -0.2) is 0 Å². The number of hydrogen-bond donors (Lipinski definition) is 3. The van der Waals surface area contributed by atoms with Crippen LogP contribution in [0.3, 0.4) is 0 Å². The molecule has 0 saturated heterocycles. The van der Waals surface area contributed by atoms with Crippen molar-refractivity contribution in [3.63, 3.8) is 0 Å². The van der Waals surface area contributed by atoms with Gasteiger partial charge in [0.2, 0.25) is 11.8 Å². The summed E-state index contributed by atoms with van der Waals surface area (Å²) < 4.78 is 5.50. The van der Waals surface area contributed by atoms with Gasteiger partial charge < -0.3 is 10.1 Å². The van der Waals surface area contributed by atoms with Crippen LogP contribution in [0.5, 0.6) is 5.75 Å². The number of fused-ring (bicyclic) bond motifs is 1. The van der Waals surface area contributed by atoms with Crippen LogP contribution < -0.4 is 20.9 Å². The highest BCUT2D eigenvalue weighted by atomic mass is 16.5. The van der Waals surface area contributed by atoms with Gasteiger partial charge in [-0.3, -0.25) is 25.2 Å². The number of carbonyl (C=O) groups excluding carboxylic acids is 3. The lowest BCUT2D eigenvalue weighted by Gasteiger charge is -2.24. The average molecular weight is 367 g/mol. The minimum atomic E-state index is -0.657. The lowest BCUT2D eigenvalue weighted by Crippen LogP contribution is -2.47. The second kappa shape index (κ2) is 7.90. The van der Waals surface area contributed by atoms with Gasteiger partial charge in [-0.15, -0.1) is 0 Å². The molecule has 0 saturated carbocycles. The Morgan fingerprint density at radius 2 is 1.93 bits per heavy atom. The van der Waals surface area contributed by atoms with Gasteiger partial charge in [0.1, 0.15) is 5.75 Å². The molecule has 0 radical (unpaired) electrons. The fourth-order valence-electron chi connectivity index (χ4n) is 2.91. The van der Waals surface area contributed by atoms with Crippen molar-refractivity contribution in [2.45, 2.75) is 26.2 Å². The van der Waals surface area contributed by atoms with Crippen LogP contribution >= 0.6 is 0 Å². The van der Waals surface area contributed by atoms with E-state index in [1.54, 1.807) is 24.3 Å². The first-order valence-electron chi connectivity index (χ1n) is 8.61. The Balaban J connectivity index is 1.55. The molecule has 1 atom stereocenters. The number of nitrogens with one attached hydrogen (secondary N) is 3. The summed E-state index contributed by atoms with van der Waals surface area (Å²) in [5.41, 5.74) is 7.98. The van der Waals surface area contributed by atoms with Crippen LogP contribution in [0.25, 0.3) is 0 Å². The van der Waals surface area contributed by atoms with E-state index in [4.69, 9.17) is 4.74 Å². The zero-order valence-electron chi connectivity index (χ0n) is 15.2. The predicted molar refractivity (Wildman–Crippen MR) is 100 cm³/mol. The summed E-state index contributed by atoms with van der Waals surface area (Å²) >= 11 is 0. The van der Waals surface area contributed by atoms with Crippen LogP contribution in [-0.4, -0.2) is 24.3 Å². The van der Waals surface area contributed by atoms with Crippen LogP contribution in [0.4, 0.5) is 5.69 Å². The molecule has 7 heteroatoms. The lowest BCUT2D eigenvalue weighted by atomic mass is 9.90. The normalized spacial score (nSPS) is 15.3. The molecule has 0 aliphatic carbocycles. The maximum atomic E-state index is 12.4. The first-order chi connectivity index (χ1) is 12.9. The monoisotopic (exact) mass is 367 g/mol. The van der Waals surface area contributed by atoms with Gasteiger partial charge >= 0.3 is 0 Å². The summed E-state index contributed by atoms with van der Waals surface area (Å²) in [7, 11) is 0. The second-order valence-corrected chi connectivity index (χ2v) is 6.49. The first-order valence-corrected chi connectivity index (χ1v) is 8.61. The maximum Gasteiger partial charge on any atom is 0.276 e. The van der Waals surface area contributed by atoms with Crippen LogP contribution in [0.1, 0.15) is 29.0 Å². The van der Waals surface area contributed by atoms with Crippen molar-refractivity contribution in [3.05, 3.63) is 59.2 Å². The van der Waals surface area contributed by atoms with Gasteiger partial charge in [-0.05, 0) is 42.7 Å². The molecule has 0 fully saturated rings. The Kier molecular flexibility index (Phi) is 5.40. The molecule has 140 valence electrons. The van der Waals surface area contributed by atoms with Crippen molar-refractivity contribution in [3.8, 4) is 5.75 Å². The Morgan fingerprint density at radius 3 is 2.74 bits per heavy atom. The van der Waals surface area contributed by atoms with E-state index in [1.165, 1.54) is 0 Å². The average Bonchev–Trinajstić information content (AvgIpc) is 2.66. The molecular formula is C20H21N3O4. The highest BCUT2D eigenvalue weighted by molar-refractivity contribution is 6.01. The van der Waals surface area contributed by atoms with E-state index in [0.29, 0.717) is 11.4 Å². The number of rotatable bonds is 4. The molecule has 2 aromatic rings. The van der Waals surface area contributed by atoms with E-state index in [2.05, 4.69) is 16.2 Å². The van der Waals surface area contributed by atoms with Crippen molar-refractivity contribution >= 4 is 23.4 Å². The molecule has 1 unspecified atom stereocenters. The third-order valence-corrected chi connectivity index (χ3v) is 4.34. The lowest BCUT2D eigenvalue weighted by molar-refractivity contribution is -0.131. The first kappa shape index (κ1) is 18.4. The van der Waals surface area contributed by atoms with Crippen molar-refractivity contribution < 1.29 is 19.1 Å². The van der Waals surface area contributed by atoms with Crippen molar-refractivity contribution in [1.82, 2.24) is 10.9 Å². The van der Waals surface area contributed by atoms with Gasteiger partial charge in [0.05, 0.1) is 5.92 Å². The summed E-state index contributed by atoms with van der Waals surface area (Å²) in [4.78, 5) is 36.2. The molecule has 3 N–H and O–H groups in total. The molecule has 0 bridgehead atoms. The van der Waals surface area contributed by atoms with Crippen LogP contribution in [0.15, 0.2) is 42.5 Å². The van der Waals surface area contributed by atoms with Crippen LogP contribution in [-0.2, 0) is 14.4 Å². The molecule has 2 aromatic carbocycles. The zero-order chi connectivity index (χ0) is 19.4. The number of hydrogen-bond acceptors (Lipinski definition) is 4. The Morgan fingerprint density at radius 1 is 1.15 bits per heavy atom. The minimum absolute atomic E-state index is 0.0255. The van der Waals surface area contributed by atoms with E-state index in [-0.39, 0.29) is 18.9 Å². The summed E-state index contributed by atoms with van der Waals surface area (Å²) in [6.07, 6.45) is 0.0255. The second-order valence-electron chi connectivity index (χ2n) is 6.49. The summed E-state index contributed by atoms with van der Waals surface area (Å²) in [6, 6.07) is 12.8. The zero-order valence-corrected chi connectivity index (χ0v) is 15.2. The minimum Gasteiger partial charge on any atom is -0.483 e. The van der Waals surface area contributed by atoms with E-state index in [9.17, 15) is 14.4 Å². The molecule has 1 heterocycles. The van der Waals surface area contributed by atoms with Gasteiger partial charge in [0.15, 0.2) is 6.61 Å². The van der Waals surface area contributed by atoms with Gasteiger partial charge in [0, 0.05) is 12.1 Å². The van der Waals surface area contributed by atoms with Crippen LogP contribution in [0.2, 0.25) is 0 Å². The number of aryl methyl sites for hydroxylation is 2. The standard InChI is InChI=1S/C20H21N3O4/c1-12-7-8-13(2)17(9-12)27-11-19(25)22-23-20(26)15-10-18(24)21-16-6-4-3-5-14(15)16/h3-9,15H,10-11H2,1-2H3,(H,21,24)(H,22,25)(H,23,26). The van der Waals surface area contributed by atoms with E-state index in [0.717, 1.165) is 16.7 Å². The number of anilines is 1.